The molecule has 0 aromatic carbocycles. The van der Waals surface area contributed by atoms with Gasteiger partial charge in [0, 0.05) is 0 Å². The van der Waals surface area contributed by atoms with Gasteiger partial charge in [0.2, 0.25) is 0 Å². The van der Waals surface area contributed by atoms with E-state index in [1.807, 2.05) is 0 Å². The Morgan fingerprint density at radius 1 is 1.40 bits per heavy atom. The van der Waals surface area contributed by atoms with Crippen LogP contribution in [0.3, 0.4) is 0 Å². The second kappa shape index (κ2) is 5.40. The molecule has 0 atom stereocenters. The van der Waals surface area contributed by atoms with Gasteiger partial charge in [-0.1, -0.05) is 0 Å². The van der Waals surface area contributed by atoms with Crippen LogP contribution in [-0.2, 0) is 4.12 Å². The van der Waals surface area contributed by atoms with E-state index in [2.05, 4.69) is 32.3 Å². The molecule has 0 bridgehead atoms. The van der Waals surface area contributed by atoms with Crippen LogP contribution in [0.4, 0.5) is 0 Å². The minimum atomic E-state index is -1.17. The standard InChI is InChI=1S/C6H18OSSi2/c1-10(2,3)7-9-6-4-5-8/h8H,4-6,9H2,1-3H3. The minimum Gasteiger partial charge on any atom is -0.461 e. The van der Waals surface area contributed by atoms with E-state index in [4.69, 9.17) is 4.12 Å². The van der Waals surface area contributed by atoms with Gasteiger partial charge in [0.05, 0.1) is 0 Å². The summed E-state index contributed by atoms with van der Waals surface area (Å²) >= 11 is 4.14. The quantitative estimate of drug-likeness (QED) is 0.398. The maximum atomic E-state index is 5.78. The highest BCUT2D eigenvalue weighted by Gasteiger charge is 2.12. The van der Waals surface area contributed by atoms with Crippen molar-refractivity contribution in [3.8, 4) is 0 Å². The lowest BCUT2D eigenvalue weighted by molar-refractivity contribution is 0.593. The van der Waals surface area contributed by atoms with Gasteiger partial charge in [-0.25, -0.2) is 0 Å². The molecule has 10 heavy (non-hydrogen) atoms. The molecule has 0 rings (SSSR count). The van der Waals surface area contributed by atoms with Gasteiger partial charge in [0.1, 0.15) is 9.76 Å². The van der Waals surface area contributed by atoms with Crippen LogP contribution in [-0.4, -0.2) is 23.8 Å². The topological polar surface area (TPSA) is 9.23 Å². The molecule has 0 aromatic rings. The second-order valence-electron chi connectivity index (χ2n) is 3.39. The molecule has 0 aromatic heterocycles. The summed E-state index contributed by atoms with van der Waals surface area (Å²) in [6.45, 7) is 6.75. The fourth-order valence-corrected chi connectivity index (χ4v) is 4.72. The molecule has 1 nitrogen and oxygen atoms in total. The molecule has 4 heteroatoms. The molecular formula is C6H18OSSi2. The summed E-state index contributed by atoms with van der Waals surface area (Å²) in [6, 6.07) is 1.30. The van der Waals surface area contributed by atoms with Crippen LogP contribution in [0.25, 0.3) is 0 Å². The third kappa shape index (κ3) is 8.74. The van der Waals surface area contributed by atoms with Crippen molar-refractivity contribution in [2.24, 2.45) is 0 Å². The van der Waals surface area contributed by atoms with Crippen molar-refractivity contribution in [2.45, 2.75) is 32.1 Å². The van der Waals surface area contributed by atoms with Gasteiger partial charge >= 0.3 is 0 Å². The van der Waals surface area contributed by atoms with E-state index in [0.717, 1.165) is 5.75 Å². The first-order chi connectivity index (χ1) is 4.56. The first-order valence-electron chi connectivity index (χ1n) is 3.81. The zero-order valence-corrected chi connectivity index (χ0v) is 10.5. The monoisotopic (exact) mass is 194 g/mol. The van der Waals surface area contributed by atoms with E-state index >= 15 is 0 Å². The van der Waals surface area contributed by atoms with Gasteiger partial charge in [-0.2, -0.15) is 12.6 Å². The maximum Gasteiger partial charge on any atom is 0.169 e. The summed E-state index contributed by atoms with van der Waals surface area (Å²) in [5.74, 6) is 1.02. The zero-order valence-electron chi connectivity index (χ0n) is 7.18. The fourth-order valence-electron chi connectivity index (χ4n) is 0.592. The average molecular weight is 194 g/mol. The van der Waals surface area contributed by atoms with Crippen molar-refractivity contribution >= 4 is 30.7 Å². The molecule has 0 aliphatic heterocycles. The SMILES string of the molecule is C[Si](C)(C)O[SiH2]CCCS. The van der Waals surface area contributed by atoms with Crippen LogP contribution in [0.1, 0.15) is 6.42 Å². The van der Waals surface area contributed by atoms with E-state index in [0.29, 0.717) is 0 Å². The highest BCUT2D eigenvalue weighted by Crippen LogP contribution is 2.02. The van der Waals surface area contributed by atoms with Crippen LogP contribution >= 0.6 is 12.6 Å². The molecule has 0 saturated carbocycles. The number of rotatable bonds is 5. The molecule has 0 unspecified atom stereocenters. The Kier molecular flexibility index (Phi) is 5.80. The molecule has 0 aliphatic rings. The summed E-state index contributed by atoms with van der Waals surface area (Å²) in [5, 5.41) is 0. The molecular weight excluding hydrogens is 176 g/mol. The molecule has 0 spiro atoms. The largest absolute Gasteiger partial charge is 0.461 e. The lowest BCUT2D eigenvalue weighted by atomic mass is 10.6. The Morgan fingerprint density at radius 2 is 2.00 bits per heavy atom. The number of hydrogen-bond donors (Lipinski definition) is 1. The fraction of sp³-hybridized carbons (Fsp3) is 1.00. The van der Waals surface area contributed by atoms with E-state index in [1.165, 1.54) is 12.5 Å². The molecule has 0 radical (unpaired) electrons. The Bertz CT molecular complexity index is 82.3. The van der Waals surface area contributed by atoms with Crippen molar-refractivity contribution in [3.63, 3.8) is 0 Å². The predicted octanol–water partition coefficient (Wildman–Crippen LogP) is 1.66. The number of hydrogen-bond acceptors (Lipinski definition) is 2. The van der Waals surface area contributed by atoms with Gasteiger partial charge in [-0.3, -0.25) is 0 Å². The van der Waals surface area contributed by atoms with Crippen molar-refractivity contribution in [1.29, 1.82) is 0 Å². The third-order valence-electron chi connectivity index (χ3n) is 1.09. The van der Waals surface area contributed by atoms with Gasteiger partial charge < -0.3 is 4.12 Å². The van der Waals surface area contributed by atoms with Crippen molar-refractivity contribution < 1.29 is 4.12 Å². The Labute approximate surface area is 73.0 Å². The van der Waals surface area contributed by atoms with Gasteiger partial charge in [-0.15, -0.1) is 0 Å². The second-order valence-corrected chi connectivity index (χ2v) is 10.3. The predicted molar refractivity (Wildman–Crippen MR) is 56.3 cm³/mol. The smallest absolute Gasteiger partial charge is 0.169 e. The Morgan fingerprint density at radius 3 is 2.40 bits per heavy atom. The summed E-state index contributed by atoms with van der Waals surface area (Å²) in [5.41, 5.74) is 0. The lowest BCUT2D eigenvalue weighted by Gasteiger charge is -2.16. The van der Waals surface area contributed by atoms with Crippen LogP contribution in [0.15, 0.2) is 0 Å². The number of thiol groups is 1. The van der Waals surface area contributed by atoms with Crippen LogP contribution in [0.2, 0.25) is 25.7 Å². The molecule has 0 heterocycles. The summed E-state index contributed by atoms with van der Waals surface area (Å²) < 4.78 is 5.78. The van der Waals surface area contributed by atoms with Gasteiger partial charge in [0.25, 0.3) is 0 Å². The van der Waals surface area contributed by atoms with E-state index in [1.54, 1.807) is 0 Å². The Balaban J connectivity index is 3.04. The first-order valence-corrected chi connectivity index (χ1v) is 9.43. The summed E-state index contributed by atoms with van der Waals surface area (Å²) in [7, 11) is -1.36. The van der Waals surface area contributed by atoms with Crippen molar-refractivity contribution in [1.82, 2.24) is 0 Å². The molecule has 62 valence electrons. The summed E-state index contributed by atoms with van der Waals surface area (Å²) in [6.07, 6.45) is 1.24. The molecule has 0 saturated heterocycles. The van der Waals surface area contributed by atoms with Crippen LogP contribution in [0.5, 0.6) is 0 Å². The maximum absolute atomic E-state index is 5.78. The molecule has 0 N–H and O–H groups in total. The van der Waals surface area contributed by atoms with Crippen molar-refractivity contribution in [2.75, 3.05) is 5.75 Å². The highest BCUT2D eigenvalue weighted by molar-refractivity contribution is 7.80. The van der Waals surface area contributed by atoms with Gasteiger partial charge in [-0.05, 0) is 37.9 Å². The average Bonchev–Trinajstić information content (AvgIpc) is 1.78. The summed E-state index contributed by atoms with van der Waals surface area (Å²) in [4.78, 5) is 0. The highest BCUT2D eigenvalue weighted by atomic mass is 32.1. The van der Waals surface area contributed by atoms with E-state index in [9.17, 15) is 0 Å². The lowest BCUT2D eigenvalue weighted by Crippen LogP contribution is -2.27. The van der Waals surface area contributed by atoms with Crippen LogP contribution < -0.4 is 0 Å². The molecule has 0 aliphatic carbocycles. The van der Waals surface area contributed by atoms with E-state index < -0.39 is 8.32 Å². The molecule has 0 amide bonds. The Hall–Kier alpha value is 0.744. The normalized spacial score (nSPS) is 13.2. The first kappa shape index (κ1) is 10.7. The van der Waals surface area contributed by atoms with E-state index in [-0.39, 0.29) is 9.76 Å². The van der Waals surface area contributed by atoms with Crippen molar-refractivity contribution in [3.05, 3.63) is 0 Å². The zero-order chi connectivity index (χ0) is 8.04. The third-order valence-corrected chi connectivity index (χ3v) is 6.47. The van der Waals surface area contributed by atoms with Gasteiger partial charge in [0.15, 0.2) is 8.32 Å². The molecule has 0 fully saturated rings. The minimum absolute atomic E-state index is 0.191. The van der Waals surface area contributed by atoms with Crippen LogP contribution in [0, 0.1) is 0 Å².